The maximum atomic E-state index is 8.94. The molecule has 18 heavy (non-hydrogen) atoms. The zero-order valence-corrected chi connectivity index (χ0v) is 9.70. The minimum absolute atomic E-state index is 0.382. The molecule has 0 saturated carbocycles. The number of fused-ring (bicyclic) bond motifs is 1. The number of nitrogens with zero attached hydrogens (tertiary/aromatic N) is 5. The molecule has 0 bridgehead atoms. The van der Waals surface area contributed by atoms with Gasteiger partial charge in [-0.3, -0.25) is 9.25 Å². The molecule has 0 atom stereocenters. The molecule has 2 heterocycles. The predicted molar refractivity (Wildman–Crippen MR) is 67.0 cm³/mol. The molecule has 6 nitrogen and oxygen atoms in total. The second-order valence-electron chi connectivity index (χ2n) is 3.99. The van der Waals surface area contributed by atoms with Gasteiger partial charge in [-0.05, 0) is 18.2 Å². The zero-order valence-electron chi connectivity index (χ0n) is 9.70. The van der Waals surface area contributed by atoms with Gasteiger partial charge >= 0.3 is 0 Å². The Kier molecular flexibility index (Phi) is 2.07. The van der Waals surface area contributed by atoms with Gasteiger partial charge in [0, 0.05) is 13.2 Å². The van der Waals surface area contributed by atoms with Crippen molar-refractivity contribution >= 4 is 17.0 Å². The SMILES string of the molecule is Cn1cc(-n2c(N)nc3ccc(C#N)cc32)cn1. The summed E-state index contributed by atoms with van der Waals surface area (Å²) in [5.74, 6) is 0.382. The van der Waals surface area contributed by atoms with Gasteiger partial charge in [0.1, 0.15) is 0 Å². The molecule has 0 aliphatic carbocycles. The van der Waals surface area contributed by atoms with Crippen LogP contribution in [0, 0.1) is 11.3 Å². The van der Waals surface area contributed by atoms with E-state index in [1.807, 2.05) is 13.2 Å². The Labute approximate surface area is 103 Å². The number of benzene rings is 1. The number of hydrogen-bond donors (Lipinski definition) is 1. The molecule has 0 unspecified atom stereocenters. The standard InChI is InChI=1S/C12H10N6/c1-17-7-9(6-15-17)18-11-4-8(5-13)2-3-10(11)16-12(18)14/h2-4,6-7H,1H3,(H2,14,16). The van der Waals surface area contributed by atoms with Crippen LogP contribution >= 0.6 is 0 Å². The van der Waals surface area contributed by atoms with Crippen LogP contribution in [0.25, 0.3) is 16.7 Å². The first-order valence-corrected chi connectivity index (χ1v) is 5.36. The lowest BCUT2D eigenvalue weighted by Crippen LogP contribution is -1.99. The van der Waals surface area contributed by atoms with Crippen LogP contribution in [0.15, 0.2) is 30.6 Å². The number of imidazole rings is 1. The maximum absolute atomic E-state index is 8.94. The lowest BCUT2D eigenvalue weighted by Gasteiger charge is -2.02. The molecule has 1 aromatic carbocycles. The van der Waals surface area contributed by atoms with E-state index in [9.17, 15) is 0 Å². The Morgan fingerprint density at radius 1 is 1.39 bits per heavy atom. The Morgan fingerprint density at radius 3 is 2.89 bits per heavy atom. The summed E-state index contributed by atoms with van der Waals surface area (Å²) in [6, 6.07) is 7.39. The third-order valence-corrected chi connectivity index (χ3v) is 2.76. The van der Waals surface area contributed by atoms with E-state index in [0.29, 0.717) is 11.5 Å². The van der Waals surface area contributed by atoms with Crippen LogP contribution in [0.1, 0.15) is 5.56 Å². The van der Waals surface area contributed by atoms with Crippen molar-refractivity contribution in [1.29, 1.82) is 5.26 Å². The van der Waals surface area contributed by atoms with Crippen molar-refractivity contribution in [2.45, 2.75) is 0 Å². The molecule has 3 rings (SSSR count). The summed E-state index contributed by atoms with van der Waals surface area (Å²) in [5, 5.41) is 13.1. The highest BCUT2D eigenvalue weighted by molar-refractivity contribution is 5.82. The summed E-state index contributed by atoms with van der Waals surface area (Å²) < 4.78 is 3.47. The monoisotopic (exact) mass is 238 g/mol. The van der Waals surface area contributed by atoms with E-state index in [0.717, 1.165) is 16.7 Å². The zero-order chi connectivity index (χ0) is 12.7. The van der Waals surface area contributed by atoms with Crippen molar-refractivity contribution in [2.75, 3.05) is 5.73 Å². The Balaban J connectivity index is 2.34. The van der Waals surface area contributed by atoms with Gasteiger partial charge < -0.3 is 5.73 Å². The predicted octanol–water partition coefficient (Wildman–Crippen LogP) is 1.21. The van der Waals surface area contributed by atoms with E-state index < -0.39 is 0 Å². The first kappa shape index (κ1) is 10.4. The highest BCUT2D eigenvalue weighted by atomic mass is 15.3. The summed E-state index contributed by atoms with van der Waals surface area (Å²) in [5.41, 5.74) is 8.89. The van der Waals surface area contributed by atoms with E-state index >= 15 is 0 Å². The highest BCUT2D eigenvalue weighted by Gasteiger charge is 2.11. The highest BCUT2D eigenvalue weighted by Crippen LogP contribution is 2.23. The second kappa shape index (κ2) is 3.60. The molecule has 0 saturated heterocycles. The maximum Gasteiger partial charge on any atom is 0.206 e. The van der Waals surface area contributed by atoms with Gasteiger partial charge in [-0.25, -0.2) is 4.98 Å². The topological polar surface area (TPSA) is 85.5 Å². The van der Waals surface area contributed by atoms with E-state index in [1.165, 1.54) is 0 Å². The minimum Gasteiger partial charge on any atom is -0.369 e. The molecule has 88 valence electrons. The molecule has 3 aromatic rings. The van der Waals surface area contributed by atoms with Crippen molar-refractivity contribution in [3.8, 4) is 11.8 Å². The molecule has 0 aliphatic heterocycles. The van der Waals surface area contributed by atoms with Gasteiger partial charge in [-0.15, -0.1) is 0 Å². The van der Waals surface area contributed by atoms with Crippen LogP contribution in [0.3, 0.4) is 0 Å². The number of hydrogen-bond acceptors (Lipinski definition) is 4. The number of nitriles is 1. The summed E-state index contributed by atoms with van der Waals surface area (Å²) in [7, 11) is 1.83. The lowest BCUT2D eigenvalue weighted by molar-refractivity contribution is 0.767. The summed E-state index contributed by atoms with van der Waals surface area (Å²) in [4.78, 5) is 4.27. The van der Waals surface area contributed by atoms with E-state index in [1.54, 1.807) is 33.6 Å². The Morgan fingerprint density at radius 2 is 2.22 bits per heavy atom. The molecular weight excluding hydrogens is 228 g/mol. The fraction of sp³-hybridized carbons (Fsp3) is 0.0833. The van der Waals surface area contributed by atoms with Crippen LogP contribution in [0.2, 0.25) is 0 Å². The smallest absolute Gasteiger partial charge is 0.206 e. The van der Waals surface area contributed by atoms with Crippen molar-refractivity contribution in [3.05, 3.63) is 36.2 Å². The number of aromatic nitrogens is 4. The van der Waals surface area contributed by atoms with Gasteiger partial charge in [0.25, 0.3) is 0 Å². The lowest BCUT2D eigenvalue weighted by atomic mass is 10.2. The second-order valence-corrected chi connectivity index (χ2v) is 3.99. The van der Waals surface area contributed by atoms with Gasteiger partial charge in [0.2, 0.25) is 5.95 Å². The molecule has 2 N–H and O–H groups in total. The average molecular weight is 238 g/mol. The third-order valence-electron chi connectivity index (χ3n) is 2.76. The van der Waals surface area contributed by atoms with Crippen LogP contribution in [-0.2, 0) is 7.05 Å². The van der Waals surface area contributed by atoms with Gasteiger partial charge in [-0.1, -0.05) is 0 Å². The van der Waals surface area contributed by atoms with E-state index in [-0.39, 0.29) is 0 Å². The summed E-state index contributed by atoms with van der Waals surface area (Å²) in [6.07, 6.45) is 3.55. The largest absolute Gasteiger partial charge is 0.369 e. The first-order chi connectivity index (χ1) is 8.69. The average Bonchev–Trinajstić information content (AvgIpc) is 2.90. The van der Waals surface area contributed by atoms with Crippen molar-refractivity contribution < 1.29 is 0 Å². The molecular formula is C12H10N6. The van der Waals surface area contributed by atoms with Crippen LogP contribution < -0.4 is 5.73 Å². The van der Waals surface area contributed by atoms with Crippen LogP contribution in [-0.4, -0.2) is 19.3 Å². The molecule has 0 aliphatic rings. The molecule has 0 spiro atoms. The quantitative estimate of drug-likeness (QED) is 0.690. The molecule has 0 fully saturated rings. The third kappa shape index (κ3) is 1.42. The van der Waals surface area contributed by atoms with E-state index in [4.69, 9.17) is 11.0 Å². The summed E-state index contributed by atoms with van der Waals surface area (Å²) >= 11 is 0. The summed E-state index contributed by atoms with van der Waals surface area (Å²) in [6.45, 7) is 0. The Bertz CT molecular complexity index is 774. The molecule has 0 radical (unpaired) electrons. The van der Waals surface area contributed by atoms with Crippen molar-refractivity contribution in [2.24, 2.45) is 7.05 Å². The number of nitrogens with two attached hydrogens (primary N) is 1. The van der Waals surface area contributed by atoms with E-state index in [2.05, 4.69) is 16.2 Å². The fourth-order valence-electron chi connectivity index (χ4n) is 1.96. The van der Waals surface area contributed by atoms with Gasteiger partial charge in [0.15, 0.2) is 0 Å². The van der Waals surface area contributed by atoms with Gasteiger partial charge in [-0.2, -0.15) is 10.4 Å². The molecule has 2 aromatic heterocycles. The van der Waals surface area contributed by atoms with Crippen molar-refractivity contribution in [1.82, 2.24) is 19.3 Å². The number of nitrogen functional groups attached to an aromatic ring is 1. The van der Waals surface area contributed by atoms with Crippen LogP contribution in [0.4, 0.5) is 5.95 Å². The fourth-order valence-corrected chi connectivity index (χ4v) is 1.96. The minimum atomic E-state index is 0.382. The normalized spacial score (nSPS) is 10.7. The van der Waals surface area contributed by atoms with Crippen LogP contribution in [0.5, 0.6) is 0 Å². The first-order valence-electron chi connectivity index (χ1n) is 5.36. The Hall–Kier alpha value is -2.81. The van der Waals surface area contributed by atoms with Crippen molar-refractivity contribution in [3.63, 3.8) is 0 Å². The molecule has 0 amide bonds. The number of rotatable bonds is 1. The number of aryl methyl sites for hydroxylation is 1. The number of anilines is 1. The molecule has 6 heteroatoms. The van der Waals surface area contributed by atoms with Gasteiger partial charge in [0.05, 0.1) is 34.6 Å².